The summed E-state index contributed by atoms with van der Waals surface area (Å²) >= 11 is 6.64. The van der Waals surface area contributed by atoms with Crippen molar-refractivity contribution in [2.24, 2.45) is 0 Å². The minimum absolute atomic E-state index is 0.0330. The van der Waals surface area contributed by atoms with Crippen LogP contribution in [-0.4, -0.2) is 38.0 Å². The molecule has 0 amide bonds. The highest BCUT2D eigenvalue weighted by Crippen LogP contribution is 2.39. The van der Waals surface area contributed by atoms with Crippen LogP contribution in [0.2, 0.25) is 5.02 Å². The molecule has 0 saturated carbocycles. The van der Waals surface area contributed by atoms with E-state index in [0.717, 1.165) is 40.8 Å². The van der Waals surface area contributed by atoms with Gasteiger partial charge in [-0.25, -0.2) is 15.0 Å². The zero-order valence-electron chi connectivity index (χ0n) is 15.5. The molecule has 1 aliphatic rings. The first-order chi connectivity index (χ1) is 13.7. The lowest BCUT2D eigenvalue weighted by Crippen LogP contribution is -2.22. The van der Waals surface area contributed by atoms with Crippen LogP contribution in [0.25, 0.3) is 22.1 Å². The van der Waals surface area contributed by atoms with Gasteiger partial charge in [-0.3, -0.25) is 4.98 Å². The van der Waals surface area contributed by atoms with Crippen LogP contribution in [0.5, 0.6) is 0 Å². The smallest absolute Gasteiger partial charge is 0.162 e. The topological polar surface area (TPSA) is 82.6 Å². The fourth-order valence-electron chi connectivity index (χ4n) is 3.96. The Kier molecular flexibility index (Phi) is 4.24. The summed E-state index contributed by atoms with van der Waals surface area (Å²) in [6.07, 6.45) is 7.38. The van der Waals surface area contributed by atoms with E-state index in [2.05, 4.69) is 48.1 Å². The molecular formula is C20H20ClN7. The first-order valence-electron chi connectivity index (χ1n) is 9.45. The third-order valence-corrected chi connectivity index (χ3v) is 5.62. The predicted molar refractivity (Wildman–Crippen MR) is 112 cm³/mol. The van der Waals surface area contributed by atoms with E-state index in [1.807, 2.05) is 18.3 Å². The highest BCUT2D eigenvalue weighted by molar-refractivity contribution is 6.36. The molecule has 0 bridgehead atoms. The van der Waals surface area contributed by atoms with Gasteiger partial charge in [-0.05, 0) is 38.0 Å². The van der Waals surface area contributed by atoms with E-state index < -0.39 is 0 Å². The van der Waals surface area contributed by atoms with Gasteiger partial charge in [0.15, 0.2) is 11.5 Å². The number of pyridine rings is 1. The van der Waals surface area contributed by atoms with Crippen LogP contribution in [0.3, 0.4) is 0 Å². The third-order valence-electron chi connectivity index (χ3n) is 5.30. The molecule has 1 aromatic carbocycles. The van der Waals surface area contributed by atoms with Gasteiger partial charge in [0.1, 0.15) is 11.8 Å². The highest BCUT2D eigenvalue weighted by Gasteiger charge is 2.24. The van der Waals surface area contributed by atoms with Crippen molar-refractivity contribution < 1.29 is 0 Å². The molecule has 4 heterocycles. The molecule has 1 fully saturated rings. The Morgan fingerprint density at radius 2 is 2.00 bits per heavy atom. The van der Waals surface area contributed by atoms with Gasteiger partial charge in [-0.15, -0.1) is 0 Å². The summed E-state index contributed by atoms with van der Waals surface area (Å²) in [5.41, 5.74) is 4.66. The van der Waals surface area contributed by atoms with Gasteiger partial charge in [-0.2, -0.15) is 0 Å². The van der Waals surface area contributed by atoms with Crippen LogP contribution >= 0.6 is 11.6 Å². The van der Waals surface area contributed by atoms with Crippen molar-refractivity contribution in [3.63, 3.8) is 0 Å². The highest BCUT2D eigenvalue weighted by atomic mass is 35.5. The van der Waals surface area contributed by atoms with Gasteiger partial charge < -0.3 is 15.2 Å². The summed E-state index contributed by atoms with van der Waals surface area (Å²) in [6.45, 7) is 4.18. The SMILES string of the molecule is CC(Nc1ncnc2[nH]cnc12)c1cc(Cl)c2cccnc2c1N1CCCC1. The summed E-state index contributed by atoms with van der Waals surface area (Å²) in [5, 5.41) is 5.19. The van der Waals surface area contributed by atoms with E-state index >= 15 is 0 Å². The number of aromatic amines is 1. The number of nitrogens with one attached hydrogen (secondary N) is 2. The van der Waals surface area contributed by atoms with Gasteiger partial charge in [0.05, 0.1) is 28.6 Å². The van der Waals surface area contributed by atoms with Gasteiger partial charge in [0.2, 0.25) is 0 Å². The number of benzene rings is 1. The number of aromatic nitrogens is 5. The number of hydrogen-bond donors (Lipinski definition) is 2. The summed E-state index contributed by atoms with van der Waals surface area (Å²) in [6, 6.07) is 5.98. The van der Waals surface area contributed by atoms with Crippen molar-refractivity contribution >= 4 is 45.2 Å². The predicted octanol–water partition coefficient (Wildman–Crippen LogP) is 4.33. The molecule has 2 N–H and O–H groups in total. The molecular weight excluding hydrogens is 374 g/mol. The standard InChI is InChI=1S/C20H20ClN7/c1-12(27-20-17-19(24-10-23-17)25-11-26-20)14-9-15(21)13-5-4-6-22-16(13)18(14)28-7-2-3-8-28/h4-6,9-12H,2-3,7-8H2,1H3,(H2,23,24,25,26,27). The Balaban J connectivity index is 1.63. The number of fused-ring (bicyclic) bond motifs is 2. The fraction of sp³-hybridized carbons (Fsp3) is 0.300. The zero-order valence-corrected chi connectivity index (χ0v) is 16.2. The first kappa shape index (κ1) is 17.2. The molecule has 1 atom stereocenters. The first-order valence-corrected chi connectivity index (χ1v) is 9.83. The lowest BCUT2D eigenvalue weighted by Gasteiger charge is -2.27. The second kappa shape index (κ2) is 6.91. The number of imidazole rings is 1. The summed E-state index contributed by atoms with van der Waals surface area (Å²) < 4.78 is 0. The fourth-order valence-corrected chi connectivity index (χ4v) is 4.23. The molecule has 1 saturated heterocycles. The van der Waals surface area contributed by atoms with Gasteiger partial charge in [0, 0.05) is 30.2 Å². The van der Waals surface area contributed by atoms with Crippen molar-refractivity contribution in [2.75, 3.05) is 23.3 Å². The second-order valence-corrected chi connectivity index (χ2v) is 7.49. The average Bonchev–Trinajstić information content (AvgIpc) is 3.40. The third kappa shape index (κ3) is 2.82. The Bertz CT molecular complexity index is 1150. The molecule has 142 valence electrons. The molecule has 1 unspecified atom stereocenters. The van der Waals surface area contributed by atoms with E-state index in [9.17, 15) is 0 Å². The molecule has 5 rings (SSSR count). The summed E-state index contributed by atoms with van der Waals surface area (Å²) in [5.74, 6) is 0.698. The molecule has 4 aromatic rings. The number of anilines is 2. The lowest BCUT2D eigenvalue weighted by molar-refractivity contribution is 0.855. The maximum absolute atomic E-state index is 6.64. The van der Waals surface area contributed by atoms with Crippen LogP contribution in [0.15, 0.2) is 37.1 Å². The maximum atomic E-state index is 6.64. The second-order valence-electron chi connectivity index (χ2n) is 7.08. The number of H-pyrrole nitrogens is 1. The van der Waals surface area contributed by atoms with Crippen LogP contribution in [-0.2, 0) is 0 Å². The van der Waals surface area contributed by atoms with Crippen molar-refractivity contribution in [3.8, 4) is 0 Å². The van der Waals surface area contributed by atoms with Crippen LogP contribution in [0.4, 0.5) is 11.5 Å². The molecule has 0 radical (unpaired) electrons. The van der Waals surface area contributed by atoms with Gasteiger partial charge in [-0.1, -0.05) is 11.6 Å². The average molecular weight is 394 g/mol. The molecule has 8 heteroatoms. The van der Waals surface area contributed by atoms with E-state index in [-0.39, 0.29) is 6.04 Å². The van der Waals surface area contributed by atoms with Crippen molar-refractivity contribution in [1.82, 2.24) is 24.9 Å². The number of hydrogen-bond acceptors (Lipinski definition) is 6. The molecule has 7 nitrogen and oxygen atoms in total. The van der Waals surface area contributed by atoms with Gasteiger partial charge >= 0.3 is 0 Å². The van der Waals surface area contributed by atoms with Crippen LogP contribution in [0, 0.1) is 0 Å². The molecule has 0 spiro atoms. The van der Waals surface area contributed by atoms with E-state index in [0.29, 0.717) is 16.5 Å². The van der Waals surface area contributed by atoms with Crippen molar-refractivity contribution in [3.05, 3.63) is 47.6 Å². The maximum Gasteiger partial charge on any atom is 0.162 e. The Hall–Kier alpha value is -2.93. The van der Waals surface area contributed by atoms with Crippen LogP contribution in [0.1, 0.15) is 31.4 Å². The zero-order chi connectivity index (χ0) is 19.1. The number of halogens is 1. The van der Waals surface area contributed by atoms with Crippen molar-refractivity contribution in [1.29, 1.82) is 0 Å². The Morgan fingerprint density at radius 1 is 1.14 bits per heavy atom. The molecule has 0 aliphatic carbocycles. The Labute approximate surface area is 167 Å². The minimum Gasteiger partial charge on any atom is -0.369 e. The van der Waals surface area contributed by atoms with E-state index in [4.69, 9.17) is 11.6 Å². The summed E-state index contributed by atoms with van der Waals surface area (Å²) in [7, 11) is 0. The normalized spacial score (nSPS) is 15.4. The van der Waals surface area contributed by atoms with Crippen LogP contribution < -0.4 is 10.2 Å². The quantitative estimate of drug-likeness (QED) is 0.537. The summed E-state index contributed by atoms with van der Waals surface area (Å²) in [4.78, 5) is 23.1. The number of nitrogens with zero attached hydrogens (tertiary/aromatic N) is 5. The van der Waals surface area contributed by atoms with Gasteiger partial charge in [0.25, 0.3) is 0 Å². The lowest BCUT2D eigenvalue weighted by atomic mass is 10.0. The molecule has 28 heavy (non-hydrogen) atoms. The molecule has 1 aliphatic heterocycles. The van der Waals surface area contributed by atoms with E-state index in [1.165, 1.54) is 19.2 Å². The van der Waals surface area contributed by atoms with Crippen molar-refractivity contribution in [2.45, 2.75) is 25.8 Å². The van der Waals surface area contributed by atoms with E-state index in [1.54, 1.807) is 6.33 Å². The Morgan fingerprint density at radius 3 is 2.86 bits per heavy atom. The minimum atomic E-state index is -0.0330. The molecule has 3 aromatic heterocycles. The monoisotopic (exact) mass is 393 g/mol. The number of rotatable bonds is 4. The largest absolute Gasteiger partial charge is 0.369 e.